The number of aliphatic hydroxyl groups excluding tert-OH is 1. The number of β-amino-alcohol motifs (C(OH)–C–C–N with tert-alkyl or cyclic N) is 1. The summed E-state index contributed by atoms with van der Waals surface area (Å²) in [6.45, 7) is 9.44. The molecule has 34 heavy (non-hydrogen) atoms. The first-order chi connectivity index (χ1) is 16.2. The van der Waals surface area contributed by atoms with Crippen molar-refractivity contribution in [1.82, 2.24) is 20.1 Å². The Labute approximate surface area is 201 Å². The zero-order valence-electron chi connectivity index (χ0n) is 20.3. The summed E-state index contributed by atoms with van der Waals surface area (Å²) < 4.78 is 0. The average molecular weight is 466 g/mol. The molecule has 1 atom stereocenters. The molecule has 2 aliphatic rings. The predicted octanol–water partition coefficient (Wildman–Crippen LogP) is 1.90. The normalized spacial score (nSPS) is 17.5. The molecule has 0 radical (unpaired) electrons. The number of pyridine rings is 1. The van der Waals surface area contributed by atoms with Gasteiger partial charge in [0.15, 0.2) is 0 Å². The monoisotopic (exact) mass is 465 g/mol. The van der Waals surface area contributed by atoms with Crippen LogP contribution in [0.5, 0.6) is 0 Å². The van der Waals surface area contributed by atoms with Gasteiger partial charge in [0.25, 0.3) is 5.91 Å². The predicted molar refractivity (Wildman–Crippen MR) is 131 cm³/mol. The van der Waals surface area contributed by atoms with Crippen LogP contribution < -0.4 is 10.6 Å². The molecule has 2 aromatic rings. The Kier molecular flexibility index (Phi) is 7.19. The lowest BCUT2D eigenvalue weighted by Gasteiger charge is -2.42. The van der Waals surface area contributed by atoms with Gasteiger partial charge in [0, 0.05) is 56.4 Å². The van der Waals surface area contributed by atoms with Crippen molar-refractivity contribution < 1.29 is 14.7 Å². The van der Waals surface area contributed by atoms with Gasteiger partial charge in [0.1, 0.15) is 5.82 Å². The van der Waals surface area contributed by atoms with Crippen LogP contribution in [0.25, 0.3) is 0 Å². The summed E-state index contributed by atoms with van der Waals surface area (Å²) in [5.41, 5.74) is 2.78. The number of nitrogens with zero attached hydrogens (tertiary/aromatic N) is 3. The van der Waals surface area contributed by atoms with E-state index < -0.39 is 6.10 Å². The first-order valence-corrected chi connectivity index (χ1v) is 12.0. The number of benzene rings is 1. The molecule has 8 nitrogen and oxygen atoms in total. The molecular weight excluding hydrogens is 430 g/mol. The van der Waals surface area contributed by atoms with Crippen molar-refractivity contribution in [2.45, 2.75) is 45.9 Å². The third-order valence-electron chi connectivity index (χ3n) is 6.36. The number of likely N-dealkylation sites (tertiary alicyclic amines) is 1. The highest BCUT2D eigenvalue weighted by atomic mass is 16.3. The van der Waals surface area contributed by atoms with E-state index in [1.165, 1.54) is 11.1 Å². The summed E-state index contributed by atoms with van der Waals surface area (Å²) in [6.07, 6.45) is 1.93. The van der Waals surface area contributed by atoms with E-state index in [2.05, 4.69) is 38.7 Å². The summed E-state index contributed by atoms with van der Waals surface area (Å²) in [5.74, 6) is 0.499. The fourth-order valence-corrected chi connectivity index (χ4v) is 4.46. The Hall–Kier alpha value is -2.97. The number of nitrogens with one attached hydrogen (secondary N) is 2. The molecule has 182 valence electrons. The molecule has 4 rings (SSSR count). The maximum absolute atomic E-state index is 12.6. The van der Waals surface area contributed by atoms with E-state index in [1.807, 2.05) is 31.7 Å². The maximum atomic E-state index is 12.6. The van der Waals surface area contributed by atoms with Crippen LogP contribution in [0.1, 0.15) is 42.3 Å². The summed E-state index contributed by atoms with van der Waals surface area (Å²) >= 11 is 0. The van der Waals surface area contributed by atoms with Crippen molar-refractivity contribution in [2.24, 2.45) is 5.41 Å². The number of fused-ring (bicyclic) bond motifs is 1. The molecule has 1 unspecified atom stereocenters. The van der Waals surface area contributed by atoms with Gasteiger partial charge in [-0.05, 0) is 29.7 Å². The lowest BCUT2D eigenvalue weighted by molar-refractivity contribution is -0.143. The minimum atomic E-state index is -0.644. The fraction of sp³-hybridized carbons (Fsp3) is 0.500. The lowest BCUT2D eigenvalue weighted by atomic mass is 9.92. The Bertz CT molecular complexity index is 1030. The highest BCUT2D eigenvalue weighted by Gasteiger charge is 2.36. The van der Waals surface area contributed by atoms with Crippen LogP contribution in [-0.2, 0) is 17.8 Å². The number of hydrogen-bond acceptors (Lipinski definition) is 6. The van der Waals surface area contributed by atoms with Gasteiger partial charge in [-0.25, -0.2) is 4.98 Å². The molecule has 0 aliphatic carbocycles. The van der Waals surface area contributed by atoms with Crippen molar-refractivity contribution >= 4 is 17.6 Å². The molecule has 1 saturated heterocycles. The first kappa shape index (κ1) is 24.2. The van der Waals surface area contributed by atoms with E-state index in [0.29, 0.717) is 31.0 Å². The zero-order chi connectivity index (χ0) is 24.3. The summed E-state index contributed by atoms with van der Waals surface area (Å²) in [5, 5.41) is 16.6. The molecule has 1 aromatic heterocycles. The van der Waals surface area contributed by atoms with Crippen molar-refractivity contribution in [2.75, 3.05) is 38.0 Å². The lowest BCUT2D eigenvalue weighted by Crippen LogP contribution is -2.59. The number of carbonyl (C=O) groups is 2. The standard InChI is InChI=1S/C26H35N5O3/c1-26(2,3)25(34)31-15-21(16-31)29-23-12-19(8-10-27-23)24(33)28-13-22(32)17-30-11-9-18-6-4-5-7-20(18)14-30/h4-8,10,12,21-22,32H,9,11,13-17H2,1-3H3,(H,27,29)(H,28,33). The smallest absolute Gasteiger partial charge is 0.251 e. The Morgan fingerprint density at radius 2 is 1.91 bits per heavy atom. The van der Waals surface area contributed by atoms with Crippen molar-refractivity contribution in [1.29, 1.82) is 0 Å². The van der Waals surface area contributed by atoms with Gasteiger partial charge in [-0.3, -0.25) is 14.5 Å². The Balaban J connectivity index is 1.22. The average Bonchev–Trinajstić information content (AvgIpc) is 2.78. The third kappa shape index (κ3) is 5.93. The van der Waals surface area contributed by atoms with Gasteiger partial charge < -0.3 is 20.6 Å². The molecule has 1 fully saturated rings. The van der Waals surface area contributed by atoms with Gasteiger partial charge in [0.05, 0.1) is 12.1 Å². The van der Waals surface area contributed by atoms with Gasteiger partial charge in [-0.2, -0.15) is 0 Å². The Morgan fingerprint density at radius 1 is 1.18 bits per heavy atom. The van der Waals surface area contributed by atoms with E-state index in [4.69, 9.17) is 0 Å². The second kappa shape index (κ2) is 10.1. The minimum Gasteiger partial charge on any atom is -0.390 e. The van der Waals surface area contributed by atoms with Gasteiger partial charge >= 0.3 is 0 Å². The zero-order valence-corrected chi connectivity index (χ0v) is 20.3. The summed E-state index contributed by atoms with van der Waals surface area (Å²) in [6, 6.07) is 11.9. The van der Waals surface area contributed by atoms with E-state index in [-0.39, 0.29) is 29.8 Å². The molecule has 0 saturated carbocycles. The fourth-order valence-electron chi connectivity index (χ4n) is 4.46. The topological polar surface area (TPSA) is 97.8 Å². The molecule has 2 amide bonds. The summed E-state index contributed by atoms with van der Waals surface area (Å²) in [7, 11) is 0. The number of hydrogen-bond donors (Lipinski definition) is 3. The van der Waals surface area contributed by atoms with Crippen LogP contribution in [0.15, 0.2) is 42.6 Å². The van der Waals surface area contributed by atoms with Crippen molar-refractivity contribution in [3.05, 3.63) is 59.3 Å². The van der Waals surface area contributed by atoms with Crippen LogP contribution in [-0.4, -0.2) is 76.6 Å². The molecule has 0 spiro atoms. The van der Waals surface area contributed by atoms with E-state index in [0.717, 1.165) is 19.5 Å². The van der Waals surface area contributed by atoms with Crippen LogP contribution in [0.2, 0.25) is 0 Å². The van der Waals surface area contributed by atoms with Crippen LogP contribution in [0.3, 0.4) is 0 Å². The highest BCUT2D eigenvalue weighted by molar-refractivity contribution is 5.94. The number of amides is 2. The molecule has 0 bridgehead atoms. The molecule has 3 N–H and O–H groups in total. The van der Waals surface area contributed by atoms with E-state index in [9.17, 15) is 14.7 Å². The number of rotatable bonds is 7. The van der Waals surface area contributed by atoms with Crippen molar-refractivity contribution in [3.8, 4) is 0 Å². The second-order valence-corrected chi connectivity index (χ2v) is 10.3. The molecular formula is C26H35N5O3. The first-order valence-electron chi connectivity index (χ1n) is 12.0. The van der Waals surface area contributed by atoms with Gasteiger partial charge in [-0.1, -0.05) is 45.0 Å². The minimum absolute atomic E-state index is 0.119. The maximum Gasteiger partial charge on any atom is 0.251 e. The second-order valence-electron chi connectivity index (χ2n) is 10.3. The molecule has 1 aromatic carbocycles. The number of carbonyl (C=O) groups excluding carboxylic acids is 2. The number of aliphatic hydroxyl groups is 1. The summed E-state index contributed by atoms with van der Waals surface area (Å²) in [4.78, 5) is 33.3. The van der Waals surface area contributed by atoms with Gasteiger partial charge in [-0.15, -0.1) is 0 Å². The molecule has 8 heteroatoms. The number of anilines is 1. The van der Waals surface area contributed by atoms with E-state index in [1.54, 1.807) is 18.3 Å². The SMILES string of the molecule is CC(C)(C)C(=O)N1CC(Nc2cc(C(=O)NCC(O)CN3CCc4ccccc4C3)ccn2)C1. The van der Waals surface area contributed by atoms with Crippen LogP contribution >= 0.6 is 0 Å². The number of aromatic nitrogens is 1. The quantitative estimate of drug-likeness (QED) is 0.578. The molecule has 2 aliphatic heterocycles. The highest BCUT2D eigenvalue weighted by Crippen LogP contribution is 2.23. The van der Waals surface area contributed by atoms with Crippen LogP contribution in [0.4, 0.5) is 5.82 Å². The van der Waals surface area contributed by atoms with E-state index >= 15 is 0 Å². The Morgan fingerprint density at radius 3 is 2.65 bits per heavy atom. The third-order valence-corrected chi connectivity index (χ3v) is 6.36. The largest absolute Gasteiger partial charge is 0.390 e. The van der Waals surface area contributed by atoms with Gasteiger partial charge in [0.2, 0.25) is 5.91 Å². The van der Waals surface area contributed by atoms with Crippen molar-refractivity contribution in [3.63, 3.8) is 0 Å². The molecule has 3 heterocycles. The van der Waals surface area contributed by atoms with Crippen LogP contribution in [0, 0.1) is 5.41 Å².